The van der Waals surface area contributed by atoms with Gasteiger partial charge in [0.25, 0.3) is 0 Å². The summed E-state index contributed by atoms with van der Waals surface area (Å²) in [5, 5.41) is 6.79. The third kappa shape index (κ3) is 4.99. The molecule has 3 rings (SSSR count). The third-order valence-corrected chi connectivity index (χ3v) is 5.21. The number of nitrogens with one attached hydrogen (secondary N) is 1. The molecule has 5 nitrogen and oxygen atoms in total. The monoisotopic (exact) mass is 419 g/mol. The first-order valence-electron chi connectivity index (χ1n) is 8.03. The van der Waals surface area contributed by atoms with E-state index in [1.807, 2.05) is 29.0 Å². The van der Waals surface area contributed by atoms with Crippen LogP contribution in [0.5, 0.6) is 0 Å². The summed E-state index contributed by atoms with van der Waals surface area (Å²) in [5.74, 6) is 0.173. The molecule has 130 valence electrons. The van der Waals surface area contributed by atoms with E-state index < -0.39 is 0 Å². The fraction of sp³-hybridized carbons (Fsp3) is 0.278. The molecule has 2 amide bonds. The van der Waals surface area contributed by atoms with Crippen LogP contribution in [0.4, 0.5) is 5.82 Å². The maximum absolute atomic E-state index is 12.4. The molecule has 1 atom stereocenters. The van der Waals surface area contributed by atoms with E-state index in [1.54, 1.807) is 34.6 Å². The van der Waals surface area contributed by atoms with Gasteiger partial charge in [-0.15, -0.1) is 0 Å². The van der Waals surface area contributed by atoms with Crippen molar-refractivity contribution >= 4 is 51.0 Å². The molecule has 1 unspecified atom stereocenters. The van der Waals surface area contributed by atoms with Crippen molar-refractivity contribution in [1.29, 1.82) is 0 Å². The number of carbonyl (C=O) groups is 2. The van der Waals surface area contributed by atoms with Crippen LogP contribution < -0.4 is 5.32 Å². The quantitative estimate of drug-likeness (QED) is 0.766. The number of pyridine rings is 1. The molecule has 1 N–H and O–H groups in total. The van der Waals surface area contributed by atoms with Gasteiger partial charge in [0, 0.05) is 29.8 Å². The van der Waals surface area contributed by atoms with Crippen LogP contribution in [-0.4, -0.2) is 34.8 Å². The number of likely N-dealkylation sites (tertiary alicyclic amines) is 1. The van der Waals surface area contributed by atoms with Crippen LogP contribution in [0.3, 0.4) is 0 Å². The van der Waals surface area contributed by atoms with Crippen LogP contribution in [-0.2, 0) is 9.59 Å². The van der Waals surface area contributed by atoms with Crippen molar-refractivity contribution in [3.8, 4) is 0 Å². The van der Waals surface area contributed by atoms with E-state index in [2.05, 4.69) is 26.2 Å². The first kappa shape index (κ1) is 17.8. The van der Waals surface area contributed by atoms with E-state index in [-0.39, 0.29) is 17.7 Å². The number of piperidine rings is 1. The zero-order valence-corrected chi connectivity index (χ0v) is 15.9. The molecule has 1 saturated heterocycles. The van der Waals surface area contributed by atoms with Gasteiger partial charge >= 0.3 is 0 Å². The Hall–Kier alpha value is -1.99. The lowest BCUT2D eigenvalue weighted by Crippen LogP contribution is -2.43. The summed E-state index contributed by atoms with van der Waals surface area (Å²) in [6.45, 7) is 1.13. The highest BCUT2D eigenvalue weighted by molar-refractivity contribution is 9.10. The molecule has 25 heavy (non-hydrogen) atoms. The summed E-state index contributed by atoms with van der Waals surface area (Å²) in [6, 6.07) is 5.54. The maximum atomic E-state index is 12.4. The highest BCUT2D eigenvalue weighted by atomic mass is 79.9. The Morgan fingerprint density at radius 3 is 2.96 bits per heavy atom. The molecule has 0 spiro atoms. The number of aromatic nitrogens is 1. The molecule has 2 aromatic heterocycles. The number of anilines is 1. The van der Waals surface area contributed by atoms with Crippen LogP contribution in [0, 0.1) is 5.92 Å². The normalized spacial score (nSPS) is 17.6. The molecule has 2 aromatic rings. The molecule has 1 aliphatic heterocycles. The SMILES string of the molecule is O=C(Nc1ccc(Br)cn1)C1CCCN(C(=O)/C=C/c2ccsc2)C1. The van der Waals surface area contributed by atoms with Crippen LogP contribution in [0.25, 0.3) is 6.08 Å². The van der Waals surface area contributed by atoms with Crippen LogP contribution in [0.2, 0.25) is 0 Å². The number of halogens is 1. The second kappa shape index (κ2) is 8.40. The van der Waals surface area contributed by atoms with E-state index in [1.165, 1.54) is 0 Å². The van der Waals surface area contributed by atoms with Gasteiger partial charge in [0.2, 0.25) is 11.8 Å². The van der Waals surface area contributed by atoms with Crippen molar-refractivity contribution < 1.29 is 9.59 Å². The number of rotatable bonds is 4. The number of nitrogens with zero attached hydrogens (tertiary/aromatic N) is 2. The van der Waals surface area contributed by atoms with E-state index in [0.29, 0.717) is 18.9 Å². The number of thiophene rings is 1. The second-order valence-electron chi connectivity index (χ2n) is 5.86. The zero-order valence-electron chi connectivity index (χ0n) is 13.5. The molecule has 7 heteroatoms. The molecule has 3 heterocycles. The predicted octanol–water partition coefficient (Wildman–Crippen LogP) is 3.80. The van der Waals surface area contributed by atoms with Gasteiger partial charge in [0.1, 0.15) is 5.82 Å². The second-order valence-corrected chi connectivity index (χ2v) is 7.56. The average molecular weight is 420 g/mol. The predicted molar refractivity (Wildman–Crippen MR) is 103 cm³/mol. The van der Waals surface area contributed by atoms with Gasteiger partial charge in [0.05, 0.1) is 5.92 Å². The Morgan fingerprint density at radius 1 is 1.36 bits per heavy atom. The minimum atomic E-state index is -0.210. The highest BCUT2D eigenvalue weighted by Gasteiger charge is 2.27. The molecular weight excluding hydrogens is 402 g/mol. The van der Waals surface area contributed by atoms with Gasteiger partial charge in [-0.2, -0.15) is 11.3 Å². The smallest absolute Gasteiger partial charge is 0.246 e. The molecule has 0 aliphatic carbocycles. The van der Waals surface area contributed by atoms with Crippen molar-refractivity contribution in [1.82, 2.24) is 9.88 Å². The Kier molecular flexibility index (Phi) is 5.99. The first-order valence-corrected chi connectivity index (χ1v) is 9.77. The first-order chi connectivity index (χ1) is 12.1. The Morgan fingerprint density at radius 2 is 2.24 bits per heavy atom. The van der Waals surface area contributed by atoms with Crippen LogP contribution >= 0.6 is 27.3 Å². The molecule has 1 aliphatic rings. The van der Waals surface area contributed by atoms with Crippen LogP contribution in [0.1, 0.15) is 18.4 Å². The van der Waals surface area contributed by atoms with E-state index in [0.717, 1.165) is 22.9 Å². The number of hydrogen-bond donors (Lipinski definition) is 1. The molecule has 0 aromatic carbocycles. The summed E-state index contributed by atoms with van der Waals surface area (Å²) in [6.07, 6.45) is 6.64. The summed E-state index contributed by atoms with van der Waals surface area (Å²) in [7, 11) is 0. The van der Waals surface area contributed by atoms with Gasteiger partial charge in [-0.1, -0.05) is 0 Å². The largest absolute Gasteiger partial charge is 0.338 e. The molecule has 0 saturated carbocycles. The standard InChI is InChI=1S/C18H18BrN3O2S/c19-15-4-5-16(20-10-15)21-18(24)14-2-1-8-22(11-14)17(23)6-3-13-7-9-25-12-13/h3-7,9-10,12,14H,1-2,8,11H2,(H,20,21,24)/b6-3+. The third-order valence-electron chi connectivity index (χ3n) is 4.04. The summed E-state index contributed by atoms with van der Waals surface area (Å²) < 4.78 is 0.859. The van der Waals surface area contributed by atoms with Crippen molar-refractivity contribution in [3.63, 3.8) is 0 Å². The minimum absolute atomic E-state index is 0.0505. The van der Waals surface area contributed by atoms with Gasteiger partial charge < -0.3 is 10.2 Å². The molecule has 0 bridgehead atoms. The molecule has 0 radical (unpaired) electrons. The van der Waals surface area contributed by atoms with Crippen molar-refractivity contribution in [2.45, 2.75) is 12.8 Å². The highest BCUT2D eigenvalue weighted by Crippen LogP contribution is 2.19. The van der Waals surface area contributed by atoms with E-state index in [4.69, 9.17) is 0 Å². The number of hydrogen-bond acceptors (Lipinski definition) is 4. The number of amides is 2. The molecular formula is C18H18BrN3O2S. The van der Waals surface area contributed by atoms with Gasteiger partial charge in [-0.3, -0.25) is 9.59 Å². The topological polar surface area (TPSA) is 62.3 Å². The fourth-order valence-electron chi connectivity index (χ4n) is 2.71. The lowest BCUT2D eigenvalue weighted by molar-refractivity contribution is -0.130. The summed E-state index contributed by atoms with van der Waals surface area (Å²) in [4.78, 5) is 30.7. The molecule has 1 fully saturated rings. The summed E-state index contributed by atoms with van der Waals surface area (Å²) >= 11 is 4.91. The van der Waals surface area contributed by atoms with Gasteiger partial charge in [0.15, 0.2) is 0 Å². The van der Waals surface area contributed by atoms with Crippen LogP contribution in [0.15, 0.2) is 45.7 Å². The van der Waals surface area contributed by atoms with Crippen molar-refractivity contribution in [2.24, 2.45) is 5.92 Å². The van der Waals surface area contributed by atoms with Crippen molar-refractivity contribution in [3.05, 3.63) is 51.3 Å². The van der Waals surface area contributed by atoms with E-state index >= 15 is 0 Å². The van der Waals surface area contributed by atoms with Gasteiger partial charge in [-0.25, -0.2) is 4.98 Å². The Labute approximate surface area is 158 Å². The number of carbonyl (C=O) groups excluding carboxylic acids is 2. The Balaban J connectivity index is 1.57. The summed E-state index contributed by atoms with van der Waals surface area (Å²) in [5.41, 5.74) is 1.02. The zero-order chi connectivity index (χ0) is 17.6. The van der Waals surface area contributed by atoms with E-state index in [9.17, 15) is 9.59 Å². The Bertz CT molecular complexity index is 759. The lowest BCUT2D eigenvalue weighted by atomic mass is 9.97. The van der Waals surface area contributed by atoms with Gasteiger partial charge in [-0.05, 0) is 69.4 Å². The fourth-order valence-corrected chi connectivity index (χ4v) is 3.58. The lowest BCUT2D eigenvalue weighted by Gasteiger charge is -2.31. The minimum Gasteiger partial charge on any atom is -0.338 e. The average Bonchev–Trinajstić information content (AvgIpc) is 3.15. The van der Waals surface area contributed by atoms with Crippen molar-refractivity contribution in [2.75, 3.05) is 18.4 Å². The maximum Gasteiger partial charge on any atom is 0.246 e.